The van der Waals surface area contributed by atoms with Gasteiger partial charge in [-0.15, -0.1) is 0 Å². The molecule has 0 aliphatic rings. The molecular weight excluding hydrogens is 188 g/mol. The molecule has 0 amide bonds. The molecule has 2 N–H and O–H groups in total. The molecule has 0 aromatic carbocycles. The highest BCUT2D eigenvalue weighted by Gasteiger charge is 2.13. The third-order valence-corrected chi connectivity index (χ3v) is 2.79. The molecule has 0 aliphatic carbocycles. The summed E-state index contributed by atoms with van der Waals surface area (Å²) in [5, 5.41) is 0. The van der Waals surface area contributed by atoms with Crippen LogP contribution in [0.4, 0.5) is 0 Å². The Morgan fingerprint density at radius 3 is 2.87 bits per heavy atom. The van der Waals surface area contributed by atoms with E-state index in [9.17, 15) is 0 Å². The Bertz CT molecular complexity index is 301. The van der Waals surface area contributed by atoms with Crippen molar-refractivity contribution in [3.05, 3.63) is 24.0 Å². The van der Waals surface area contributed by atoms with Gasteiger partial charge in [-0.25, -0.2) is 0 Å². The Morgan fingerprint density at radius 2 is 2.27 bits per heavy atom. The molecule has 0 aliphatic heterocycles. The van der Waals surface area contributed by atoms with E-state index in [0.717, 1.165) is 24.2 Å². The molecule has 1 aromatic heterocycles. The van der Waals surface area contributed by atoms with Gasteiger partial charge in [0.1, 0.15) is 5.75 Å². The van der Waals surface area contributed by atoms with Crippen molar-refractivity contribution in [1.82, 2.24) is 4.98 Å². The largest absolute Gasteiger partial charge is 0.495 e. The molecule has 0 radical (unpaired) electrons. The summed E-state index contributed by atoms with van der Waals surface area (Å²) in [7, 11) is 1.65. The fourth-order valence-electron chi connectivity index (χ4n) is 1.59. The van der Waals surface area contributed by atoms with E-state index >= 15 is 0 Å². The van der Waals surface area contributed by atoms with Crippen LogP contribution in [0.5, 0.6) is 5.75 Å². The van der Waals surface area contributed by atoms with Gasteiger partial charge in [0.25, 0.3) is 0 Å². The van der Waals surface area contributed by atoms with Crippen LogP contribution >= 0.6 is 0 Å². The van der Waals surface area contributed by atoms with Crippen LogP contribution in [0.1, 0.15) is 38.3 Å². The van der Waals surface area contributed by atoms with E-state index in [1.165, 1.54) is 0 Å². The summed E-state index contributed by atoms with van der Waals surface area (Å²) >= 11 is 0. The summed E-state index contributed by atoms with van der Waals surface area (Å²) in [6.07, 6.45) is 5.61. The van der Waals surface area contributed by atoms with E-state index < -0.39 is 0 Å². The minimum Gasteiger partial charge on any atom is -0.495 e. The van der Waals surface area contributed by atoms with Crippen LogP contribution in [-0.2, 0) is 0 Å². The van der Waals surface area contributed by atoms with Crippen LogP contribution in [0.2, 0.25) is 0 Å². The number of pyridine rings is 1. The number of aromatic nitrogens is 1. The lowest BCUT2D eigenvalue weighted by Gasteiger charge is -2.18. The van der Waals surface area contributed by atoms with Crippen LogP contribution < -0.4 is 10.5 Å². The molecule has 2 atom stereocenters. The Balaban J connectivity index is 2.76. The maximum absolute atomic E-state index is 6.14. The first-order valence-corrected chi connectivity index (χ1v) is 5.42. The Kier molecular flexibility index (Phi) is 4.56. The first kappa shape index (κ1) is 12.0. The molecule has 0 spiro atoms. The van der Waals surface area contributed by atoms with Crippen molar-refractivity contribution in [3.63, 3.8) is 0 Å². The lowest BCUT2D eigenvalue weighted by atomic mass is 9.95. The smallest absolute Gasteiger partial charge is 0.141 e. The first-order valence-electron chi connectivity index (χ1n) is 5.42. The van der Waals surface area contributed by atoms with Crippen LogP contribution in [-0.4, -0.2) is 12.1 Å². The third kappa shape index (κ3) is 3.20. The number of hydrogen-bond donors (Lipinski definition) is 1. The van der Waals surface area contributed by atoms with E-state index in [1.54, 1.807) is 19.5 Å². The molecule has 1 aromatic rings. The van der Waals surface area contributed by atoms with Gasteiger partial charge in [0.05, 0.1) is 13.3 Å². The van der Waals surface area contributed by atoms with Crippen LogP contribution in [0.25, 0.3) is 0 Å². The topological polar surface area (TPSA) is 48.1 Å². The van der Waals surface area contributed by atoms with E-state index in [0.29, 0.717) is 5.92 Å². The second-order valence-electron chi connectivity index (χ2n) is 3.97. The fraction of sp³-hybridized carbons (Fsp3) is 0.583. The van der Waals surface area contributed by atoms with Crippen LogP contribution in [0.3, 0.4) is 0 Å². The minimum absolute atomic E-state index is 0.0397. The van der Waals surface area contributed by atoms with Gasteiger partial charge in [-0.2, -0.15) is 0 Å². The highest BCUT2D eigenvalue weighted by Crippen LogP contribution is 2.27. The highest BCUT2D eigenvalue weighted by atomic mass is 16.5. The van der Waals surface area contributed by atoms with E-state index in [2.05, 4.69) is 18.8 Å². The fourth-order valence-corrected chi connectivity index (χ4v) is 1.59. The molecule has 2 unspecified atom stereocenters. The van der Waals surface area contributed by atoms with Crippen molar-refractivity contribution < 1.29 is 4.74 Å². The van der Waals surface area contributed by atoms with E-state index in [1.807, 2.05) is 6.07 Å². The SMILES string of the molecule is CCC(C)CC(N)c1ccncc1OC. The summed E-state index contributed by atoms with van der Waals surface area (Å²) in [5.41, 5.74) is 7.19. The summed E-state index contributed by atoms with van der Waals surface area (Å²) in [6, 6.07) is 1.98. The molecule has 1 rings (SSSR count). The molecule has 0 bridgehead atoms. The minimum atomic E-state index is 0.0397. The predicted molar refractivity (Wildman–Crippen MR) is 61.8 cm³/mol. The normalized spacial score (nSPS) is 14.7. The van der Waals surface area contributed by atoms with Gasteiger partial charge in [-0.3, -0.25) is 4.98 Å². The van der Waals surface area contributed by atoms with Crippen molar-refractivity contribution in [3.8, 4) is 5.75 Å². The van der Waals surface area contributed by atoms with Gasteiger partial charge in [-0.1, -0.05) is 20.3 Å². The third-order valence-electron chi connectivity index (χ3n) is 2.79. The van der Waals surface area contributed by atoms with Crippen LogP contribution in [0.15, 0.2) is 18.5 Å². The van der Waals surface area contributed by atoms with Crippen LogP contribution in [0, 0.1) is 5.92 Å². The number of hydrogen-bond acceptors (Lipinski definition) is 3. The number of nitrogens with two attached hydrogens (primary N) is 1. The molecule has 1 heterocycles. The average Bonchev–Trinajstić information content (AvgIpc) is 2.28. The Labute approximate surface area is 91.7 Å². The summed E-state index contributed by atoms with van der Waals surface area (Å²) in [5.74, 6) is 1.42. The molecule has 15 heavy (non-hydrogen) atoms. The number of ether oxygens (including phenoxy) is 1. The first-order chi connectivity index (χ1) is 7.19. The molecule has 84 valence electrons. The Morgan fingerprint density at radius 1 is 1.53 bits per heavy atom. The average molecular weight is 208 g/mol. The molecule has 0 saturated heterocycles. The maximum atomic E-state index is 6.14. The maximum Gasteiger partial charge on any atom is 0.141 e. The molecule has 0 saturated carbocycles. The van der Waals surface area contributed by atoms with Crippen molar-refractivity contribution >= 4 is 0 Å². The Hall–Kier alpha value is -1.09. The van der Waals surface area contributed by atoms with Gasteiger partial charge in [0.2, 0.25) is 0 Å². The van der Waals surface area contributed by atoms with E-state index in [-0.39, 0.29) is 6.04 Å². The number of rotatable bonds is 5. The van der Waals surface area contributed by atoms with E-state index in [4.69, 9.17) is 10.5 Å². The summed E-state index contributed by atoms with van der Waals surface area (Å²) in [4.78, 5) is 4.02. The summed E-state index contributed by atoms with van der Waals surface area (Å²) < 4.78 is 5.24. The summed E-state index contributed by atoms with van der Waals surface area (Å²) in [6.45, 7) is 4.40. The lowest BCUT2D eigenvalue weighted by molar-refractivity contribution is 0.393. The van der Waals surface area contributed by atoms with Gasteiger partial charge in [0, 0.05) is 17.8 Å². The number of nitrogens with zero attached hydrogens (tertiary/aromatic N) is 1. The quantitative estimate of drug-likeness (QED) is 0.808. The van der Waals surface area contributed by atoms with Gasteiger partial charge in [-0.05, 0) is 18.4 Å². The molecule has 3 heteroatoms. The van der Waals surface area contributed by atoms with Crippen molar-refractivity contribution in [2.24, 2.45) is 11.7 Å². The molecule has 0 fully saturated rings. The zero-order valence-corrected chi connectivity index (χ0v) is 9.73. The zero-order valence-electron chi connectivity index (χ0n) is 9.73. The van der Waals surface area contributed by atoms with Gasteiger partial charge < -0.3 is 10.5 Å². The highest BCUT2D eigenvalue weighted by molar-refractivity contribution is 5.32. The predicted octanol–water partition coefficient (Wildman–Crippen LogP) is 2.53. The van der Waals surface area contributed by atoms with Gasteiger partial charge >= 0.3 is 0 Å². The second kappa shape index (κ2) is 5.71. The lowest BCUT2D eigenvalue weighted by Crippen LogP contribution is -2.15. The van der Waals surface area contributed by atoms with Crippen molar-refractivity contribution in [1.29, 1.82) is 0 Å². The second-order valence-corrected chi connectivity index (χ2v) is 3.97. The van der Waals surface area contributed by atoms with Gasteiger partial charge in [0.15, 0.2) is 0 Å². The number of methoxy groups -OCH3 is 1. The zero-order chi connectivity index (χ0) is 11.3. The standard InChI is InChI=1S/C12H20N2O/c1-4-9(2)7-11(13)10-5-6-14-8-12(10)15-3/h5-6,8-9,11H,4,7,13H2,1-3H3. The molecule has 3 nitrogen and oxygen atoms in total. The van der Waals surface area contributed by atoms with Crippen molar-refractivity contribution in [2.75, 3.05) is 7.11 Å². The van der Waals surface area contributed by atoms with Crippen molar-refractivity contribution in [2.45, 2.75) is 32.7 Å². The monoisotopic (exact) mass is 208 g/mol. The molecular formula is C12H20N2O.